The number of nitrogens with one attached hydrogen (secondary N) is 2. The minimum Gasteiger partial charge on any atom is -0.357 e. The summed E-state index contributed by atoms with van der Waals surface area (Å²) in [7, 11) is 0. The van der Waals surface area contributed by atoms with Crippen molar-refractivity contribution in [1.82, 2.24) is 15.6 Å². The van der Waals surface area contributed by atoms with E-state index in [4.69, 9.17) is 0 Å². The maximum atomic E-state index is 13.8. The monoisotopic (exact) mass is 529 g/mol. The molecule has 2 N–H and O–H groups in total. The first kappa shape index (κ1) is 24.3. The molecule has 1 aromatic heterocycles. The molecule has 8 heteroatoms. The van der Waals surface area contributed by atoms with Crippen molar-refractivity contribution in [3.05, 3.63) is 59.3 Å². The molecule has 1 saturated heterocycles. The fourth-order valence-electron chi connectivity index (χ4n) is 3.30. The molecule has 164 valence electrons. The van der Waals surface area contributed by atoms with Crippen molar-refractivity contribution in [1.29, 1.82) is 0 Å². The number of hydrogen-bond donors (Lipinski definition) is 2. The quantitative estimate of drug-likeness (QED) is 0.330. The van der Waals surface area contributed by atoms with Gasteiger partial charge in [-0.2, -0.15) is 0 Å². The first-order valence-electron chi connectivity index (χ1n) is 10.2. The largest absolute Gasteiger partial charge is 0.357 e. The molecular formula is C22H30F2IN5. The summed E-state index contributed by atoms with van der Waals surface area (Å²) in [5.41, 5.74) is 1.26. The molecule has 0 unspecified atom stereocenters. The van der Waals surface area contributed by atoms with Gasteiger partial charge in [0.1, 0.15) is 17.5 Å². The Balaban J connectivity index is 0.00000320. The van der Waals surface area contributed by atoms with Crippen molar-refractivity contribution in [2.45, 2.75) is 39.8 Å². The molecule has 30 heavy (non-hydrogen) atoms. The van der Waals surface area contributed by atoms with Gasteiger partial charge in [-0.25, -0.2) is 18.8 Å². The second kappa shape index (κ2) is 12.0. The summed E-state index contributed by atoms with van der Waals surface area (Å²) in [6.07, 6.45) is 4.27. The number of hydrogen-bond acceptors (Lipinski definition) is 3. The van der Waals surface area contributed by atoms with E-state index >= 15 is 0 Å². The molecule has 0 bridgehead atoms. The number of aliphatic imine (C=N–C) groups is 1. The van der Waals surface area contributed by atoms with Crippen LogP contribution in [0.25, 0.3) is 0 Å². The maximum absolute atomic E-state index is 13.8. The van der Waals surface area contributed by atoms with Crippen LogP contribution in [-0.4, -0.2) is 30.6 Å². The highest BCUT2D eigenvalue weighted by Crippen LogP contribution is 2.21. The molecule has 0 spiro atoms. The zero-order valence-corrected chi connectivity index (χ0v) is 19.8. The van der Waals surface area contributed by atoms with Gasteiger partial charge in [0.2, 0.25) is 0 Å². The van der Waals surface area contributed by atoms with E-state index < -0.39 is 11.6 Å². The Morgan fingerprint density at radius 2 is 1.93 bits per heavy atom. The van der Waals surface area contributed by atoms with Crippen molar-refractivity contribution in [2.75, 3.05) is 24.5 Å². The van der Waals surface area contributed by atoms with Crippen LogP contribution in [0, 0.1) is 17.6 Å². The second-order valence-electron chi connectivity index (χ2n) is 7.48. The maximum Gasteiger partial charge on any atom is 0.191 e. The average Bonchev–Trinajstić information content (AvgIpc) is 2.73. The van der Waals surface area contributed by atoms with Gasteiger partial charge in [0.05, 0.1) is 6.54 Å². The van der Waals surface area contributed by atoms with E-state index in [0.29, 0.717) is 19.0 Å². The average molecular weight is 529 g/mol. The lowest BCUT2D eigenvalue weighted by molar-refractivity contribution is 0.436. The number of nitrogens with zero attached hydrogens (tertiary/aromatic N) is 3. The Morgan fingerprint density at radius 3 is 2.60 bits per heavy atom. The van der Waals surface area contributed by atoms with Crippen molar-refractivity contribution >= 4 is 35.8 Å². The first-order valence-corrected chi connectivity index (χ1v) is 10.2. The van der Waals surface area contributed by atoms with E-state index in [0.717, 1.165) is 42.5 Å². The van der Waals surface area contributed by atoms with Crippen molar-refractivity contribution < 1.29 is 8.78 Å². The van der Waals surface area contributed by atoms with Crippen LogP contribution in [0.1, 0.15) is 37.8 Å². The van der Waals surface area contributed by atoms with E-state index in [9.17, 15) is 8.78 Å². The number of piperidine rings is 1. The molecule has 0 radical (unpaired) electrons. The van der Waals surface area contributed by atoms with Crippen LogP contribution in [0.5, 0.6) is 0 Å². The van der Waals surface area contributed by atoms with Gasteiger partial charge in [-0.05, 0) is 55.5 Å². The molecule has 1 aromatic carbocycles. The Hall–Kier alpha value is -1.97. The van der Waals surface area contributed by atoms with Gasteiger partial charge in [-0.1, -0.05) is 13.0 Å². The summed E-state index contributed by atoms with van der Waals surface area (Å²) in [5, 5.41) is 6.16. The SMILES string of the molecule is CCNC(=NCc1ccc(N2CCC(C)CC2)nc1)NCc1cc(F)ccc1F.I. The van der Waals surface area contributed by atoms with Crippen LogP contribution in [-0.2, 0) is 13.1 Å². The molecule has 1 aliphatic rings. The topological polar surface area (TPSA) is 52.6 Å². The van der Waals surface area contributed by atoms with Crippen molar-refractivity contribution in [3.8, 4) is 0 Å². The summed E-state index contributed by atoms with van der Waals surface area (Å²) in [5.74, 6) is 1.44. The highest BCUT2D eigenvalue weighted by molar-refractivity contribution is 14.0. The van der Waals surface area contributed by atoms with E-state index in [2.05, 4.69) is 32.4 Å². The third kappa shape index (κ3) is 7.07. The Bertz CT molecular complexity index is 821. The number of pyridine rings is 1. The molecular weight excluding hydrogens is 499 g/mol. The fraction of sp³-hybridized carbons (Fsp3) is 0.455. The smallest absolute Gasteiger partial charge is 0.191 e. The fourth-order valence-corrected chi connectivity index (χ4v) is 3.30. The van der Waals surface area contributed by atoms with Crippen LogP contribution in [0.3, 0.4) is 0 Å². The summed E-state index contributed by atoms with van der Waals surface area (Å²) in [6.45, 7) is 7.63. The molecule has 0 saturated carbocycles. The zero-order valence-electron chi connectivity index (χ0n) is 17.5. The molecule has 1 fully saturated rings. The minimum atomic E-state index is -0.459. The van der Waals surface area contributed by atoms with Gasteiger partial charge in [0.15, 0.2) is 5.96 Å². The van der Waals surface area contributed by atoms with Crippen LogP contribution < -0.4 is 15.5 Å². The van der Waals surface area contributed by atoms with E-state index in [1.807, 2.05) is 25.3 Å². The summed E-state index contributed by atoms with van der Waals surface area (Å²) in [6, 6.07) is 7.52. The Labute approximate surface area is 194 Å². The Kier molecular flexibility index (Phi) is 9.74. The summed E-state index contributed by atoms with van der Waals surface area (Å²) >= 11 is 0. The van der Waals surface area contributed by atoms with Crippen LogP contribution >= 0.6 is 24.0 Å². The Morgan fingerprint density at radius 1 is 1.17 bits per heavy atom. The number of aromatic nitrogens is 1. The van der Waals surface area contributed by atoms with Crippen LogP contribution in [0.15, 0.2) is 41.5 Å². The van der Waals surface area contributed by atoms with E-state index in [-0.39, 0.29) is 36.1 Å². The lowest BCUT2D eigenvalue weighted by Crippen LogP contribution is -2.37. The van der Waals surface area contributed by atoms with E-state index in [1.54, 1.807) is 0 Å². The normalized spacial score (nSPS) is 14.9. The highest BCUT2D eigenvalue weighted by atomic mass is 127. The highest BCUT2D eigenvalue weighted by Gasteiger charge is 2.16. The lowest BCUT2D eigenvalue weighted by atomic mass is 9.99. The summed E-state index contributed by atoms with van der Waals surface area (Å²) < 4.78 is 27.1. The molecule has 2 aromatic rings. The van der Waals surface area contributed by atoms with Gasteiger partial charge < -0.3 is 15.5 Å². The molecule has 5 nitrogen and oxygen atoms in total. The third-order valence-corrected chi connectivity index (χ3v) is 5.13. The van der Waals surface area contributed by atoms with Gasteiger partial charge in [-0.15, -0.1) is 24.0 Å². The van der Waals surface area contributed by atoms with Crippen molar-refractivity contribution in [2.24, 2.45) is 10.9 Å². The van der Waals surface area contributed by atoms with Gasteiger partial charge in [0.25, 0.3) is 0 Å². The molecule has 0 atom stereocenters. The molecule has 1 aliphatic heterocycles. The minimum absolute atomic E-state index is 0. The van der Waals surface area contributed by atoms with Crippen LogP contribution in [0.4, 0.5) is 14.6 Å². The van der Waals surface area contributed by atoms with E-state index in [1.165, 1.54) is 18.9 Å². The molecule has 0 aliphatic carbocycles. The first-order chi connectivity index (χ1) is 14.0. The third-order valence-electron chi connectivity index (χ3n) is 5.13. The molecule has 3 rings (SSSR count). The van der Waals surface area contributed by atoms with Crippen molar-refractivity contribution in [3.63, 3.8) is 0 Å². The van der Waals surface area contributed by atoms with Gasteiger partial charge in [0, 0.05) is 37.9 Å². The predicted molar refractivity (Wildman–Crippen MR) is 128 cm³/mol. The number of benzene rings is 1. The van der Waals surface area contributed by atoms with Crippen LogP contribution in [0.2, 0.25) is 0 Å². The van der Waals surface area contributed by atoms with Gasteiger partial charge in [-0.3, -0.25) is 0 Å². The molecule has 2 heterocycles. The summed E-state index contributed by atoms with van der Waals surface area (Å²) in [4.78, 5) is 11.4. The lowest BCUT2D eigenvalue weighted by Gasteiger charge is -2.31. The number of halogens is 3. The van der Waals surface area contributed by atoms with Gasteiger partial charge >= 0.3 is 0 Å². The molecule has 0 amide bonds. The number of anilines is 1. The standard InChI is InChI=1S/C22H29F2N5.HI/c1-3-25-22(28-15-18-12-19(23)5-6-20(18)24)27-14-17-4-7-21(26-13-17)29-10-8-16(2)9-11-29;/h4-7,12-13,16H,3,8-11,14-15H2,1-2H3,(H2,25,27,28);1H. The number of rotatable bonds is 6. The zero-order chi connectivity index (χ0) is 20.6. The predicted octanol–water partition coefficient (Wildman–Crippen LogP) is 4.47. The second-order valence-corrected chi connectivity index (χ2v) is 7.48. The number of guanidine groups is 1.